The Bertz CT molecular complexity index is 345. The maximum Gasteiger partial charge on any atom is 0.307 e. The lowest BCUT2D eigenvalue weighted by atomic mass is 10.3. The first kappa shape index (κ1) is 12.7. The van der Waals surface area contributed by atoms with Crippen LogP contribution in [0.2, 0.25) is 0 Å². The molecule has 0 radical (unpaired) electrons. The van der Waals surface area contributed by atoms with Crippen LogP contribution in [0.5, 0.6) is 0 Å². The number of nitrogens with zero attached hydrogens (tertiary/aromatic N) is 2. The minimum Gasteiger partial charge on any atom is -0.466 e. The molecule has 90 valence electrons. The number of rotatable bonds is 6. The lowest BCUT2D eigenvalue weighted by Crippen LogP contribution is -2.11. The van der Waals surface area contributed by atoms with Crippen LogP contribution in [0.3, 0.4) is 0 Å². The third-order valence-corrected chi connectivity index (χ3v) is 2.39. The number of ether oxygens (including phenoxy) is 1. The van der Waals surface area contributed by atoms with Gasteiger partial charge in [0.2, 0.25) is 0 Å². The lowest BCUT2D eigenvalue weighted by Gasteiger charge is -2.05. The maximum atomic E-state index is 11.3. The summed E-state index contributed by atoms with van der Waals surface area (Å²) < 4.78 is 6.91. The molecule has 0 aromatic carbocycles. The van der Waals surface area contributed by atoms with E-state index in [-0.39, 0.29) is 5.97 Å². The average Bonchev–Trinajstić information content (AvgIpc) is 2.55. The zero-order valence-electron chi connectivity index (χ0n) is 10.3. The van der Waals surface area contributed by atoms with Gasteiger partial charge in [-0.15, -0.1) is 0 Å². The van der Waals surface area contributed by atoms with Crippen molar-refractivity contribution >= 4 is 5.97 Å². The van der Waals surface area contributed by atoms with Gasteiger partial charge in [-0.3, -0.25) is 9.48 Å². The van der Waals surface area contributed by atoms with Gasteiger partial charge in [0, 0.05) is 5.69 Å². The fraction of sp³-hybridized carbons (Fsp3) is 0.667. The van der Waals surface area contributed by atoms with E-state index in [1.165, 1.54) is 0 Å². The van der Waals surface area contributed by atoms with E-state index in [1.807, 2.05) is 24.6 Å². The number of carbonyl (C=O) groups is 1. The van der Waals surface area contributed by atoms with Crippen LogP contribution in [0.4, 0.5) is 0 Å². The van der Waals surface area contributed by atoms with Crippen LogP contribution in [0.15, 0.2) is 6.07 Å². The molecule has 1 rings (SSSR count). The second-order valence-electron chi connectivity index (χ2n) is 3.97. The van der Waals surface area contributed by atoms with E-state index in [2.05, 4.69) is 12.0 Å². The van der Waals surface area contributed by atoms with Gasteiger partial charge in [0.1, 0.15) is 0 Å². The molecule has 0 aliphatic heterocycles. The first-order valence-corrected chi connectivity index (χ1v) is 5.80. The van der Waals surface area contributed by atoms with Crippen LogP contribution in [-0.4, -0.2) is 22.4 Å². The Morgan fingerprint density at radius 3 is 2.81 bits per heavy atom. The Hall–Kier alpha value is -1.32. The van der Waals surface area contributed by atoms with Crippen LogP contribution in [0, 0.1) is 13.8 Å². The molecule has 4 nitrogen and oxygen atoms in total. The van der Waals surface area contributed by atoms with E-state index in [1.54, 1.807) is 0 Å². The van der Waals surface area contributed by atoms with E-state index in [0.717, 1.165) is 24.2 Å². The number of aryl methyl sites for hydroxylation is 3. The van der Waals surface area contributed by atoms with Crippen LogP contribution in [0.25, 0.3) is 0 Å². The van der Waals surface area contributed by atoms with E-state index >= 15 is 0 Å². The Labute approximate surface area is 96.6 Å². The summed E-state index contributed by atoms with van der Waals surface area (Å²) in [7, 11) is 0. The van der Waals surface area contributed by atoms with Crippen molar-refractivity contribution in [3.8, 4) is 0 Å². The monoisotopic (exact) mass is 224 g/mol. The molecule has 0 aliphatic carbocycles. The number of esters is 1. The molecule has 0 atom stereocenters. The second-order valence-corrected chi connectivity index (χ2v) is 3.97. The summed E-state index contributed by atoms with van der Waals surface area (Å²) in [6.45, 7) is 7.15. The summed E-state index contributed by atoms with van der Waals surface area (Å²) in [5, 5.41) is 4.29. The number of hydrogen-bond acceptors (Lipinski definition) is 3. The van der Waals surface area contributed by atoms with Crippen molar-refractivity contribution in [2.45, 2.75) is 46.6 Å². The highest BCUT2D eigenvalue weighted by Crippen LogP contribution is 2.03. The van der Waals surface area contributed by atoms with Crippen molar-refractivity contribution in [1.82, 2.24) is 9.78 Å². The molecular weight excluding hydrogens is 204 g/mol. The summed E-state index contributed by atoms with van der Waals surface area (Å²) in [5.74, 6) is -0.138. The highest BCUT2D eigenvalue weighted by atomic mass is 16.5. The van der Waals surface area contributed by atoms with Gasteiger partial charge in [-0.05, 0) is 26.3 Å². The molecule has 1 aromatic heterocycles. The number of carbonyl (C=O) groups excluding carboxylic acids is 1. The molecule has 1 aromatic rings. The van der Waals surface area contributed by atoms with Gasteiger partial charge >= 0.3 is 5.97 Å². The topological polar surface area (TPSA) is 44.1 Å². The van der Waals surface area contributed by atoms with Gasteiger partial charge in [0.15, 0.2) is 0 Å². The van der Waals surface area contributed by atoms with Crippen LogP contribution in [-0.2, 0) is 16.1 Å². The Morgan fingerprint density at radius 2 is 2.25 bits per heavy atom. The summed E-state index contributed by atoms with van der Waals surface area (Å²) in [6.07, 6.45) is 2.38. The standard InChI is InChI=1S/C12H20N2O2/c1-4-5-8-16-12(15)6-7-14-11(3)9-10(2)13-14/h9H,4-8H2,1-3H3. The van der Waals surface area contributed by atoms with E-state index in [9.17, 15) is 4.79 Å². The SMILES string of the molecule is CCCCOC(=O)CCn1nc(C)cc1C. The van der Waals surface area contributed by atoms with E-state index < -0.39 is 0 Å². The third-order valence-electron chi connectivity index (χ3n) is 2.39. The van der Waals surface area contributed by atoms with Crippen LogP contribution < -0.4 is 0 Å². The first-order valence-electron chi connectivity index (χ1n) is 5.80. The lowest BCUT2D eigenvalue weighted by molar-refractivity contribution is -0.144. The number of aromatic nitrogens is 2. The first-order chi connectivity index (χ1) is 7.63. The second kappa shape index (κ2) is 6.30. The van der Waals surface area contributed by atoms with Crippen molar-refractivity contribution in [2.24, 2.45) is 0 Å². The fourth-order valence-electron chi connectivity index (χ4n) is 1.50. The van der Waals surface area contributed by atoms with E-state index in [4.69, 9.17) is 4.74 Å². The van der Waals surface area contributed by atoms with Gasteiger partial charge in [-0.1, -0.05) is 13.3 Å². The molecule has 0 N–H and O–H groups in total. The van der Waals surface area contributed by atoms with Crippen molar-refractivity contribution < 1.29 is 9.53 Å². The van der Waals surface area contributed by atoms with Gasteiger partial charge in [0.05, 0.1) is 25.3 Å². The van der Waals surface area contributed by atoms with Gasteiger partial charge in [0.25, 0.3) is 0 Å². The van der Waals surface area contributed by atoms with Crippen molar-refractivity contribution in [1.29, 1.82) is 0 Å². The van der Waals surface area contributed by atoms with Crippen molar-refractivity contribution in [2.75, 3.05) is 6.61 Å². The average molecular weight is 224 g/mol. The molecule has 0 spiro atoms. The minimum atomic E-state index is -0.138. The molecule has 0 saturated carbocycles. The molecule has 16 heavy (non-hydrogen) atoms. The van der Waals surface area contributed by atoms with E-state index in [0.29, 0.717) is 19.6 Å². The molecule has 4 heteroatoms. The fourth-order valence-corrected chi connectivity index (χ4v) is 1.50. The van der Waals surface area contributed by atoms with Crippen molar-refractivity contribution in [3.05, 3.63) is 17.5 Å². The quantitative estimate of drug-likeness (QED) is 0.550. The Morgan fingerprint density at radius 1 is 1.50 bits per heavy atom. The summed E-state index contributed by atoms with van der Waals surface area (Å²) in [6, 6.07) is 2.00. The van der Waals surface area contributed by atoms with Crippen LogP contribution >= 0.6 is 0 Å². The molecule has 0 amide bonds. The van der Waals surface area contributed by atoms with Gasteiger partial charge in [-0.25, -0.2) is 0 Å². The van der Waals surface area contributed by atoms with Gasteiger partial charge in [-0.2, -0.15) is 5.10 Å². The molecule has 0 unspecified atom stereocenters. The largest absolute Gasteiger partial charge is 0.466 e. The smallest absolute Gasteiger partial charge is 0.307 e. The minimum absolute atomic E-state index is 0.138. The highest BCUT2D eigenvalue weighted by molar-refractivity contribution is 5.69. The summed E-state index contributed by atoms with van der Waals surface area (Å²) in [4.78, 5) is 11.3. The maximum absolute atomic E-state index is 11.3. The molecule has 0 fully saturated rings. The predicted molar refractivity (Wildman–Crippen MR) is 62.2 cm³/mol. The zero-order chi connectivity index (χ0) is 12.0. The van der Waals surface area contributed by atoms with Crippen molar-refractivity contribution in [3.63, 3.8) is 0 Å². The molecule has 0 saturated heterocycles. The highest BCUT2D eigenvalue weighted by Gasteiger charge is 2.05. The van der Waals surface area contributed by atoms with Crippen LogP contribution in [0.1, 0.15) is 37.6 Å². The summed E-state index contributed by atoms with van der Waals surface area (Å²) in [5.41, 5.74) is 2.07. The third kappa shape index (κ3) is 4.04. The normalized spacial score (nSPS) is 10.4. The molecule has 0 aliphatic rings. The molecular formula is C12H20N2O2. The Balaban J connectivity index is 2.29. The number of unbranched alkanes of at least 4 members (excludes halogenated alkanes) is 1. The summed E-state index contributed by atoms with van der Waals surface area (Å²) >= 11 is 0. The van der Waals surface area contributed by atoms with Gasteiger partial charge < -0.3 is 4.74 Å². The molecule has 1 heterocycles. The Kier molecular flexibility index (Phi) is 5.02. The number of hydrogen-bond donors (Lipinski definition) is 0. The molecule has 0 bridgehead atoms. The predicted octanol–water partition coefficient (Wildman–Crippen LogP) is 2.23. The zero-order valence-corrected chi connectivity index (χ0v) is 10.3.